The van der Waals surface area contributed by atoms with Gasteiger partial charge in [-0.05, 0) is 30.0 Å². The molecule has 1 fully saturated rings. The van der Waals surface area contributed by atoms with Crippen LogP contribution in [0.25, 0.3) is 0 Å². The van der Waals surface area contributed by atoms with Crippen molar-refractivity contribution in [2.45, 2.75) is 51.0 Å². The minimum Gasteiger partial charge on any atom is -0.508 e. The summed E-state index contributed by atoms with van der Waals surface area (Å²) in [5.74, 6) is -1.12. The number of methoxy groups -OCH3 is 1. The number of H-pyrrole nitrogens is 1. The second-order valence-corrected chi connectivity index (χ2v) is 9.58. The first-order valence-corrected chi connectivity index (χ1v) is 12.4. The number of phenols is 1. The van der Waals surface area contributed by atoms with Crippen molar-refractivity contribution in [1.82, 2.24) is 14.5 Å². The van der Waals surface area contributed by atoms with Gasteiger partial charge in [0.1, 0.15) is 11.8 Å². The van der Waals surface area contributed by atoms with E-state index in [2.05, 4.69) is 20.0 Å². The van der Waals surface area contributed by atoms with Gasteiger partial charge in [-0.1, -0.05) is 44.2 Å². The fraction of sp³-hybridized carbons (Fsp3) is 0.417. The van der Waals surface area contributed by atoms with Gasteiger partial charge in [-0.25, -0.2) is 14.6 Å². The van der Waals surface area contributed by atoms with E-state index in [1.807, 2.05) is 0 Å². The van der Waals surface area contributed by atoms with Crippen molar-refractivity contribution in [3.05, 3.63) is 57.1 Å². The fourth-order valence-corrected chi connectivity index (χ4v) is 5.24. The van der Waals surface area contributed by atoms with Crippen molar-refractivity contribution < 1.29 is 24.5 Å². The molecule has 0 bridgehead atoms. The Morgan fingerprint density at radius 2 is 2.06 bits per heavy atom. The van der Waals surface area contributed by atoms with Crippen LogP contribution in [0.5, 0.6) is 11.6 Å². The molecule has 1 aliphatic carbocycles. The molecule has 1 aliphatic rings. The Morgan fingerprint density at radius 1 is 1.29 bits per heavy atom. The number of phenolic OH excluding ortho intramolecular Hbond substituents is 1. The maximum absolute atomic E-state index is 13.4. The molecule has 2 heterocycles. The van der Waals surface area contributed by atoms with E-state index in [1.165, 1.54) is 18.6 Å². The monoisotopic (exact) mass is 500 g/mol. The Labute approximate surface area is 205 Å². The van der Waals surface area contributed by atoms with Crippen molar-refractivity contribution >= 4 is 28.3 Å². The third-order valence-electron chi connectivity index (χ3n) is 6.29. The maximum atomic E-state index is 13.4. The minimum absolute atomic E-state index is 0.0756. The van der Waals surface area contributed by atoms with Gasteiger partial charge >= 0.3 is 11.7 Å². The van der Waals surface area contributed by atoms with Gasteiger partial charge in [0.25, 0.3) is 0 Å². The van der Waals surface area contributed by atoms with E-state index < -0.39 is 23.6 Å². The van der Waals surface area contributed by atoms with Gasteiger partial charge in [-0.2, -0.15) is 0 Å². The Bertz CT molecular complexity index is 1260. The first kappa shape index (κ1) is 24.5. The van der Waals surface area contributed by atoms with Crippen molar-refractivity contribution in [3.63, 3.8) is 0 Å². The number of rotatable bonds is 8. The standard InChI is InChI=1S/C24H28N4O6S/c1-34-22(32)18-13-35-23(25-18)27-20(30)19(12-14-6-3-2-4-7-14)28-21(31)17(26-24(28)33)11-15-8-5-9-16(29)10-15/h5,8-10,13-14,19,29,31H,2-4,6-7,11-12H2,1H3,(H,26,33)(H,25,27,30)/t19-/m0/s1. The van der Waals surface area contributed by atoms with Crippen LogP contribution < -0.4 is 11.0 Å². The minimum atomic E-state index is -0.967. The number of carbonyl (C=O) groups excluding carboxylic acids is 2. The number of hydrogen-bond donors (Lipinski definition) is 4. The molecule has 0 spiro atoms. The quantitative estimate of drug-likeness (QED) is 0.346. The van der Waals surface area contributed by atoms with Crippen LogP contribution in [0.1, 0.15) is 66.3 Å². The Balaban J connectivity index is 1.62. The maximum Gasteiger partial charge on any atom is 0.357 e. The molecule has 1 atom stereocenters. The molecule has 4 N–H and O–H groups in total. The normalized spacial score (nSPS) is 15.0. The molecule has 0 saturated heterocycles. The van der Waals surface area contributed by atoms with Gasteiger partial charge in [-0.15, -0.1) is 11.3 Å². The molecule has 0 aliphatic heterocycles. The SMILES string of the molecule is COC(=O)c1csc(NC(=O)[C@H](CC2CCCCC2)n2c(O)c(Cc3cccc(O)c3)[nH]c2=O)n1. The number of imidazole rings is 1. The van der Waals surface area contributed by atoms with E-state index in [-0.39, 0.29) is 40.5 Å². The predicted molar refractivity (Wildman–Crippen MR) is 130 cm³/mol. The second kappa shape index (κ2) is 10.8. The Morgan fingerprint density at radius 3 is 2.77 bits per heavy atom. The van der Waals surface area contributed by atoms with Crippen molar-refractivity contribution in [2.75, 3.05) is 12.4 Å². The van der Waals surface area contributed by atoms with Gasteiger partial charge in [0, 0.05) is 11.8 Å². The second-order valence-electron chi connectivity index (χ2n) is 8.72. The number of aromatic hydroxyl groups is 2. The number of amides is 1. The zero-order valence-electron chi connectivity index (χ0n) is 19.3. The summed E-state index contributed by atoms with van der Waals surface area (Å²) in [4.78, 5) is 44.8. The van der Waals surface area contributed by atoms with Crippen LogP contribution in [0.3, 0.4) is 0 Å². The fourth-order valence-electron chi connectivity index (χ4n) is 4.56. The smallest absolute Gasteiger partial charge is 0.357 e. The number of aromatic nitrogens is 3. The highest BCUT2D eigenvalue weighted by Gasteiger charge is 2.31. The van der Waals surface area contributed by atoms with E-state index in [1.54, 1.807) is 18.2 Å². The van der Waals surface area contributed by atoms with Gasteiger partial charge < -0.3 is 25.3 Å². The number of anilines is 1. The molecule has 10 nitrogen and oxygen atoms in total. The summed E-state index contributed by atoms with van der Waals surface area (Å²) in [5.41, 5.74) is 0.430. The number of hydrogen-bond acceptors (Lipinski definition) is 8. The third-order valence-corrected chi connectivity index (χ3v) is 7.05. The van der Waals surface area contributed by atoms with Crippen LogP contribution in [0.2, 0.25) is 0 Å². The molecule has 186 valence electrons. The number of esters is 1. The molecule has 0 unspecified atom stereocenters. The lowest BCUT2D eigenvalue weighted by Crippen LogP contribution is -2.33. The molecule has 35 heavy (non-hydrogen) atoms. The summed E-state index contributed by atoms with van der Waals surface area (Å²) in [6, 6.07) is 5.55. The first-order valence-electron chi connectivity index (χ1n) is 11.5. The molecule has 1 saturated carbocycles. The summed E-state index contributed by atoms with van der Waals surface area (Å²) < 4.78 is 5.75. The molecular weight excluding hydrogens is 472 g/mol. The highest BCUT2D eigenvalue weighted by atomic mass is 32.1. The lowest BCUT2D eigenvalue weighted by atomic mass is 9.84. The van der Waals surface area contributed by atoms with Gasteiger partial charge in [0.15, 0.2) is 10.8 Å². The van der Waals surface area contributed by atoms with E-state index in [9.17, 15) is 24.6 Å². The van der Waals surface area contributed by atoms with Crippen LogP contribution in [-0.2, 0) is 16.0 Å². The molecule has 11 heteroatoms. The van der Waals surface area contributed by atoms with E-state index in [0.29, 0.717) is 12.0 Å². The topological polar surface area (TPSA) is 147 Å². The molecule has 1 amide bonds. The Hall–Kier alpha value is -3.60. The number of carbonyl (C=O) groups is 2. The molecule has 3 aromatic rings. The number of nitrogens with one attached hydrogen (secondary N) is 2. The molecular formula is C24H28N4O6S. The predicted octanol–water partition coefficient (Wildman–Crippen LogP) is 3.57. The number of aromatic amines is 1. The third kappa shape index (κ3) is 5.73. The highest BCUT2D eigenvalue weighted by Crippen LogP contribution is 2.33. The zero-order valence-corrected chi connectivity index (χ0v) is 20.1. The van der Waals surface area contributed by atoms with Crippen LogP contribution in [0.15, 0.2) is 34.4 Å². The molecule has 1 aromatic carbocycles. The summed E-state index contributed by atoms with van der Waals surface area (Å²) in [6.45, 7) is 0. The van der Waals surface area contributed by atoms with Gasteiger partial charge in [-0.3, -0.25) is 9.36 Å². The lowest BCUT2D eigenvalue weighted by molar-refractivity contribution is -0.120. The number of ether oxygens (including phenoxy) is 1. The van der Waals surface area contributed by atoms with Crippen molar-refractivity contribution in [1.29, 1.82) is 0 Å². The summed E-state index contributed by atoms with van der Waals surface area (Å²) in [5, 5.41) is 25.1. The lowest BCUT2D eigenvalue weighted by Gasteiger charge is -2.26. The summed E-state index contributed by atoms with van der Waals surface area (Å²) in [7, 11) is 1.25. The largest absolute Gasteiger partial charge is 0.508 e. The van der Waals surface area contributed by atoms with Crippen LogP contribution >= 0.6 is 11.3 Å². The Kier molecular flexibility index (Phi) is 7.54. The van der Waals surface area contributed by atoms with E-state index >= 15 is 0 Å². The van der Waals surface area contributed by atoms with Crippen molar-refractivity contribution in [2.24, 2.45) is 5.92 Å². The van der Waals surface area contributed by atoms with E-state index in [0.717, 1.165) is 48.0 Å². The van der Waals surface area contributed by atoms with E-state index in [4.69, 9.17) is 0 Å². The average Bonchev–Trinajstić information content (AvgIpc) is 3.42. The number of nitrogens with zero attached hydrogens (tertiary/aromatic N) is 2. The zero-order chi connectivity index (χ0) is 24.9. The summed E-state index contributed by atoms with van der Waals surface area (Å²) >= 11 is 1.07. The number of thiazole rings is 1. The first-order chi connectivity index (χ1) is 16.9. The highest BCUT2D eigenvalue weighted by molar-refractivity contribution is 7.14. The molecule has 4 rings (SSSR count). The van der Waals surface area contributed by atoms with Crippen LogP contribution in [-0.4, -0.2) is 43.7 Å². The molecule has 0 radical (unpaired) electrons. The van der Waals surface area contributed by atoms with Crippen LogP contribution in [0.4, 0.5) is 5.13 Å². The van der Waals surface area contributed by atoms with Crippen molar-refractivity contribution in [3.8, 4) is 11.6 Å². The number of benzene rings is 1. The van der Waals surface area contributed by atoms with Crippen LogP contribution in [0, 0.1) is 5.92 Å². The van der Waals surface area contributed by atoms with Gasteiger partial charge in [0.05, 0.1) is 12.8 Å². The van der Waals surface area contributed by atoms with Gasteiger partial charge in [0.2, 0.25) is 11.8 Å². The summed E-state index contributed by atoms with van der Waals surface area (Å²) in [6.07, 6.45) is 5.72. The molecule has 2 aromatic heterocycles. The average molecular weight is 501 g/mol.